The monoisotopic (exact) mass is 924 g/mol. The second-order valence-electron chi connectivity index (χ2n) is 15.1. The van der Waals surface area contributed by atoms with Crippen LogP contribution < -0.4 is 15.2 Å². The van der Waals surface area contributed by atoms with E-state index in [0.717, 1.165) is 54.1 Å². The molecule has 64 heavy (non-hydrogen) atoms. The number of rotatable bonds is 21. The van der Waals surface area contributed by atoms with E-state index in [4.69, 9.17) is 38.7 Å². The minimum absolute atomic E-state index is 0.0519. The van der Waals surface area contributed by atoms with E-state index in [1.54, 1.807) is 39.0 Å². The van der Waals surface area contributed by atoms with Gasteiger partial charge in [-0.3, -0.25) is 14.0 Å². The average Bonchev–Trinajstić information content (AvgIpc) is 4.12. The lowest BCUT2D eigenvalue weighted by atomic mass is 9.80. The number of nitrogen functional groups attached to an aromatic ring is 1. The Kier molecular flexibility index (Phi) is 15.8. The molecule has 0 aliphatic carbocycles. The van der Waals surface area contributed by atoms with Gasteiger partial charge in [-0.05, 0) is 53.8 Å². The molecule has 2 aliphatic rings. The lowest BCUT2D eigenvalue weighted by Gasteiger charge is -2.38. The highest BCUT2D eigenvalue weighted by Gasteiger charge is 2.51. The van der Waals surface area contributed by atoms with Gasteiger partial charge >= 0.3 is 0 Å². The number of carbonyl (C=O) groups excluding carboxylic acids is 1. The van der Waals surface area contributed by atoms with Crippen LogP contribution in [0.2, 0.25) is 0 Å². The highest BCUT2D eigenvalue weighted by atomic mass is 32.7. The summed E-state index contributed by atoms with van der Waals surface area (Å²) in [6.45, 7) is 2.51. The summed E-state index contributed by atoms with van der Waals surface area (Å²) in [5, 5.41) is 0.0519. The van der Waals surface area contributed by atoms with Gasteiger partial charge in [0.15, 0.2) is 25.2 Å². The van der Waals surface area contributed by atoms with Crippen LogP contribution in [0.1, 0.15) is 46.1 Å². The molecule has 2 aliphatic heterocycles. The van der Waals surface area contributed by atoms with Gasteiger partial charge in [-0.15, -0.1) is 0 Å². The van der Waals surface area contributed by atoms with Crippen molar-refractivity contribution in [3.63, 3.8) is 0 Å². The van der Waals surface area contributed by atoms with Crippen molar-refractivity contribution in [3.05, 3.63) is 144 Å². The van der Waals surface area contributed by atoms with E-state index in [-0.39, 0.29) is 24.1 Å². The summed E-state index contributed by atoms with van der Waals surface area (Å²) in [5.41, 5.74) is 9.50. The van der Waals surface area contributed by atoms with Crippen LogP contribution in [0.15, 0.2) is 122 Å². The number of fused-ring (bicyclic) bond motifs is 1. The van der Waals surface area contributed by atoms with Crippen molar-refractivity contribution in [3.8, 4) is 11.5 Å². The zero-order valence-corrected chi connectivity index (χ0v) is 38.6. The fourth-order valence-electron chi connectivity index (χ4n) is 8.03. The summed E-state index contributed by atoms with van der Waals surface area (Å²) in [6.07, 6.45) is 2.50. The van der Waals surface area contributed by atoms with Crippen molar-refractivity contribution in [1.82, 2.24) is 24.2 Å². The number of benzene rings is 4. The molecule has 5 atom stereocenters. The van der Waals surface area contributed by atoms with E-state index in [1.165, 1.54) is 18.1 Å². The molecule has 336 valence electrons. The van der Waals surface area contributed by atoms with Gasteiger partial charge in [0.05, 0.1) is 40.4 Å². The summed E-state index contributed by atoms with van der Waals surface area (Å²) >= 11 is 3.06. The molecule has 2 saturated heterocycles. The van der Waals surface area contributed by atoms with Crippen LogP contribution in [0.25, 0.3) is 11.2 Å². The van der Waals surface area contributed by atoms with Crippen LogP contribution in [-0.4, -0.2) is 113 Å². The van der Waals surface area contributed by atoms with Crippen LogP contribution in [-0.2, 0) is 29.1 Å². The lowest BCUT2D eigenvalue weighted by molar-refractivity contribution is -0.0964. The smallest absolute Gasteiger partial charge is 0.219 e. The molecule has 8 rings (SSSR count). The average molecular weight is 925 g/mol. The van der Waals surface area contributed by atoms with Gasteiger partial charge in [-0.2, -0.15) is 0 Å². The number of methoxy groups -OCH3 is 3. The molecule has 0 spiro atoms. The molecule has 2 fully saturated rings. The van der Waals surface area contributed by atoms with Crippen molar-refractivity contribution >= 4 is 52.7 Å². The zero-order chi connectivity index (χ0) is 44.3. The Morgan fingerprint density at radius 1 is 0.797 bits per heavy atom. The number of thioether (sulfide) groups is 1. The van der Waals surface area contributed by atoms with Gasteiger partial charge in [0.25, 0.3) is 0 Å². The van der Waals surface area contributed by atoms with Gasteiger partial charge in [0, 0.05) is 37.3 Å². The number of nitrogens with zero attached hydrogens (tertiary/aromatic N) is 5. The number of carbonyl (C=O) groups is 1. The highest BCUT2D eigenvalue weighted by Crippen LogP contribution is 2.58. The van der Waals surface area contributed by atoms with Gasteiger partial charge in [-0.1, -0.05) is 108 Å². The van der Waals surface area contributed by atoms with Crippen LogP contribution in [0, 0.1) is 0 Å². The molecular formula is C47H53N6O8PS2. The quantitative estimate of drug-likeness (QED) is 0.0417. The Bertz CT molecular complexity index is 2350. The first kappa shape index (κ1) is 45.9. The largest absolute Gasteiger partial charge is 0.497 e. The van der Waals surface area contributed by atoms with E-state index in [2.05, 4.69) is 31.8 Å². The van der Waals surface area contributed by atoms with Gasteiger partial charge in [0.1, 0.15) is 47.3 Å². The van der Waals surface area contributed by atoms with Gasteiger partial charge < -0.3 is 38.7 Å². The molecule has 2 N–H and O–H groups in total. The Morgan fingerprint density at radius 2 is 1.44 bits per heavy atom. The lowest BCUT2D eigenvalue weighted by Crippen LogP contribution is -2.41. The molecule has 4 heterocycles. The molecule has 2 aromatic heterocycles. The summed E-state index contributed by atoms with van der Waals surface area (Å²) in [5.74, 6) is 3.03. The first-order valence-corrected chi connectivity index (χ1v) is 25.0. The topological polar surface area (TPSA) is 155 Å². The molecule has 0 amide bonds. The zero-order valence-electron chi connectivity index (χ0n) is 36.1. The molecule has 14 nitrogen and oxygen atoms in total. The third kappa shape index (κ3) is 10.3. The van der Waals surface area contributed by atoms with E-state index in [0.29, 0.717) is 34.8 Å². The van der Waals surface area contributed by atoms with E-state index >= 15 is 0 Å². The number of imidazole rings is 1. The first-order chi connectivity index (χ1) is 31.4. The maximum Gasteiger partial charge on any atom is 0.219 e. The minimum Gasteiger partial charge on any atom is -0.497 e. The van der Waals surface area contributed by atoms with Crippen LogP contribution in [0.5, 0.6) is 11.5 Å². The molecular weight excluding hydrogens is 872 g/mol. The van der Waals surface area contributed by atoms with E-state index < -0.39 is 37.6 Å². The molecule has 17 heteroatoms. The summed E-state index contributed by atoms with van der Waals surface area (Å²) < 4.78 is 49.8. The Morgan fingerprint density at radius 3 is 2.08 bits per heavy atom. The third-order valence-electron chi connectivity index (χ3n) is 11.2. The Balaban J connectivity index is 1.18. The van der Waals surface area contributed by atoms with Crippen molar-refractivity contribution in [2.45, 2.75) is 43.0 Å². The van der Waals surface area contributed by atoms with Crippen LogP contribution in [0.3, 0.4) is 0 Å². The standard InChI is InChI=1S/C47H53N6O8PS2/c1-55-26-27-58-42-41(61-62(52-24-10-11-25-52)64-29-28-63-46(54)33-12-6-4-7-13-33)39(60-45(42)53-32-51-40-43(48)49-31-50-44(40)53)30-59-47(34-14-8-5-9-15-34,35-16-20-37(56-2)21-17-35)36-18-22-38(57-3)23-19-36/h4-9,12-23,31-32,39,41-42,45H,10-11,24-30H2,1-3H3,(H2,48,49,50)/t39-,41+,42?,45-,62?/m1/s1. The van der Waals surface area contributed by atoms with Crippen molar-refractivity contribution in [2.75, 3.05) is 71.5 Å². The normalized spacial score (nSPS) is 19.5. The molecule has 4 aromatic carbocycles. The SMILES string of the molecule is COCCOC1[C@@H](OP(SCCSC(=O)c2ccccc2)N2CCCC2)[C@@H](COC(c2ccccc2)(c2ccc(OC)cc2)c2ccc(OC)cc2)O[C@H]1n1cnc2c(N)ncnc21. The van der Waals surface area contributed by atoms with Crippen molar-refractivity contribution in [2.24, 2.45) is 0 Å². The molecule has 0 radical (unpaired) electrons. The second kappa shape index (κ2) is 22.1. The Labute approximate surface area is 383 Å². The fourth-order valence-corrected chi connectivity index (χ4v) is 13.3. The van der Waals surface area contributed by atoms with E-state index in [1.807, 2.05) is 102 Å². The number of hydrogen-bond acceptors (Lipinski definition) is 15. The number of aromatic nitrogens is 4. The summed E-state index contributed by atoms with van der Waals surface area (Å²) in [4.78, 5) is 26.4. The Hall–Kier alpha value is -4.61. The van der Waals surface area contributed by atoms with Crippen LogP contribution in [0.4, 0.5) is 5.82 Å². The predicted octanol–water partition coefficient (Wildman–Crippen LogP) is 8.38. The summed E-state index contributed by atoms with van der Waals surface area (Å²) in [7, 11) is 3.70. The molecule has 0 saturated carbocycles. The van der Waals surface area contributed by atoms with Crippen molar-refractivity contribution < 1.29 is 37.7 Å². The summed E-state index contributed by atoms with van der Waals surface area (Å²) in [6, 6.07) is 35.5. The second-order valence-corrected chi connectivity index (χ2v) is 19.8. The number of anilines is 1. The number of hydrogen-bond donors (Lipinski definition) is 1. The van der Waals surface area contributed by atoms with Gasteiger partial charge in [-0.25, -0.2) is 15.0 Å². The predicted molar refractivity (Wildman–Crippen MR) is 252 cm³/mol. The minimum atomic E-state index is -1.25. The molecule has 2 unspecified atom stereocenters. The van der Waals surface area contributed by atoms with Gasteiger partial charge in [0.2, 0.25) is 5.12 Å². The fraction of sp³-hybridized carbons (Fsp3) is 0.362. The first-order valence-electron chi connectivity index (χ1n) is 21.2. The molecule has 0 bridgehead atoms. The number of ether oxygens (including phenoxy) is 6. The van der Waals surface area contributed by atoms with Crippen molar-refractivity contribution in [1.29, 1.82) is 0 Å². The highest BCUT2D eigenvalue weighted by molar-refractivity contribution is 8.53. The van der Waals surface area contributed by atoms with Crippen LogP contribution >= 0.6 is 30.6 Å². The third-order valence-corrected chi connectivity index (χ3v) is 16.5. The molecule has 6 aromatic rings. The maximum atomic E-state index is 13.0. The maximum absolute atomic E-state index is 13.0. The number of nitrogens with two attached hydrogens (primary N) is 1. The van der Waals surface area contributed by atoms with E-state index in [9.17, 15) is 4.79 Å².